The van der Waals surface area contributed by atoms with Crippen LogP contribution in [-0.2, 0) is 4.74 Å². The molecule has 0 bridgehead atoms. The summed E-state index contributed by atoms with van der Waals surface area (Å²) >= 11 is 0. The molecule has 1 aliphatic heterocycles. The van der Waals surface area contributed by atoms with Crippen molar-refractivity contribution < 1.29 is 9.53 Å². The predicted octanol–water partition coefficient (Wildman–Crippen LogP) is 2.09. The topological polar surface area (TPSA) is 99.2 Å². The molecule has 1 aliphatic rings. The van der Waals surface area contributed by atoms with Crippen LogP contribution >= 0.6 is 0 Å². The number of benzene rings is 1. The van der Waals surface area contributed by atoms with Gasteiger partial charge in [0.25, 0.3) is 5.91 Å². The maximum absolute atomic E-state index is 13.0. The lowest BCUT2D eigenvalue weighted by Crippen LogP contribution is -2.41. The van der Waals surface area contributed by atoms with Crippen LogP contribution in [-0.4, -0.2) is 63.1 Å². The van der Waals surface area contributed by atoms with E-state index in [2.05, 4.69) is 15.3 Å². The van der Waals surface area contributed by atoms with Crippen LogP contribution in [0.5, 0.6) is 0 Å². The summed E-state index contributed by atoms with van der Waals surface area (Å²) in [6.45, 7) is 4.51. The first-order chi connectivity index (χ1) is 14.2. The van der Waals surface area contributed by atoms with Crippen molar-refractivity contribution in [3.05, 3.63) is 47.9 Å². The van der Waals surface area contributed by atoms with Gasteiger partial charge in [-0.05, 0) is 44.9 Å². The molecule has 0 radical (unpaired) electrons. The molecule has 8 heteroatoms. The average molecular weight is 394 g/mol. The molecule has 1 aromatic carbocycles. The Labute approximate surface area is 169 Å². The van der Waals surface area contributed by atoms with Gasteiger partial charge in [-0.2, -0.15) is 0 Å². The molecule has 2 N–H and O–H groups in total. The van der Waals surface area contributed by atoms with Crippen LogP contribution in [0.2, 0.25) is 0 Å². The molecule has 4 rings (SSSR count). The van der Waals surface area contributed by atoms with E-state index >= 15 is 0 Å². The summed E-state index contributed by atoms with van der Waals surface area (Å²) in [5.41, 5.74) is 8.26. The number of hydrogen-bond acceptors (Lipinski definition) is 6. The van der Waals surface area contributed by atoms with E-state index in [-0.39, 0.29) is 12.0 Å². The van der Waals surface area contributed by atoms with Gasteiger partial charge >= 0.3 is 0 Å². The summed E-state index contributed by atoms with van der Waals surface area (Å²) < 4.78 is 7.53. The maximum Gasteiger partial charge on any atom is 0.276 e. The molecule has 1 amide bonds. The number of likely N-dealkylation sites (tertiary alicyclic amines) is 1. The Bertz CT molecular complexity index is 989. The van der Waals surface area contributed by atoms with Crippen molar-refractivity contribution >= 4 is 16.8 Å². The molecule has 3 aromatic rings. The molecular formula is C21H26N6O2. The fraction of sp³-hybridized carbons (Fsp3) is 0.429. The number of aromatic nitrogens is 4. The van der Waals surface area contributed by atoms with Gasteiger partial charge in [0.2, 0.25) is 0 Å². The SMILES string of the molecule is Cc1c(C(=O)N2CCC(OCCCN)CC2)nnn1-c1cccc2cccnc12. The van der Waals surface area contributed by atoms with Gasteiger partial charge in [-0.3, -0.25) is 9.78 Å². The number of amides is 1. The number of piperidine rings is 1. The summed E-state index contributed by atoms with van der Waals surface area (Å²) in [5, 5.41) is 9.48. The zero-order valence-corrected chi connectivity index (χ0v) is 16.6. The number of carbonyl (C=O) groups is 1. The molecule has 3 heterocycles. The minimum atomic E-state index is -0.0812. The summed E-state index contributed by atoms with van der Waals surface area (Å²) in [7, 11) is 0. The van der Waals surface area contributed by atoms with Crippen molar-refractivity contribution in [3.63, 3.8) is 0 Å². The Morgan fingerprint density at radius 2 is 2.03 bits per heavy atom. The highest BCUT2D eigenvalue weighted by Crippen LogP contribution is 2.22. The number of hydrogen-bond donors (Lipinski definition) is 1. The molecule has 0 atom stereocenters. The number of rotatable bonds is 6. The Hall–Kier alpha value is -2.84. The molecule has 8 nitrogen and oxygen atoms in total. The van der Waals surface area contributed by atoms with Gasteiger partial charge in [-0.15, -0.1) is 5.10 Å². The quantitative estimate of drug-likeness (QED) is 0.643. The van der Waals surface area contributed by atoms with Gasteiger partial charge in [0.1, 0.15) is 0 Å². The Morgan fingerprint density at radius 1 is 1.24 bits per heavy atom. The Balaban J connectivity index is 1.50. The number of fused-ring (bicyclic) bond motifs is 1. The fourth-order valence-electron chi connectivity index (χ4n) is 3.72. The predicted molar refractivity (Wildman–Crippen MR) is 110 cm³/mol. The molecule has 0 unspecified atom stereocenters. The summed E-state index contributed by atoms with van der Waals surface area (Å²) in [6.07, 6.45) is 4.48. The first-order valence-corrected chi connectivity index (χ1v) is 10.1. The van der Waals surface area contributed by atoms with E-state index in [1.54, 1.807) is 10.9 Å². The third kappa shape index (κ3) is 3.99. The smallest absolute Gasteiger partial charge is 0.276 e. The van der Waals surface area contributed by atoms with Crippen molar-refractivity contribution in [2.75, 3.05) is 26.2 Å². The normalized spacial score (nSPS) is 15.2. The second kappa shape index (κ2) is 8.67. The van der Waals surface area contributed by atoms with Crippen LogP contribution in [0.25, 0.3) is 16.6 Å². The van der Waals surface area contributed by atoms with Crippen LogP contribution in [0.3, 0.4) is 0 Å². The number of ether oxygens (including phenoxy) is 1. The third-order valence-electron chi connectivity index (χ3n) is 5.37. The van der Waals surface area contributed by atoms with E-state index in [0.717, 1.165) is 41.5 Å². The maximum atomic E-state index is 13.0. The van der Waals surface area contributed by atoms with Gasteiger partial charge in [0, 0.05) is 31.3 Å². The van der Waals surface area contributed by atoms with Crippen molar-refractivity contribution in [2.45, 2.75) is 32.3 Å². The highest BCUT2D eigenvalue weighted by molar-refractivity contribution is 5.94. The highest BCUT2D eigenvalue weighted by atomic mass is 16.5. The minimum absolute atomic E-state index is 0.0812. The number of carbonyl (C=O) groups excluding carboxylic acids is 1. The zero-order valence-electron chi connectivity index (χ0n) is 16.6. The van der Waals surface area contributed by atoms with Gasteiger partial charge in [0.15, 0.2) is 5.69 Å². The number of nitrogens with two attached hydrogens (primary N) is 1. The largest absolute Gasteiger partial charge is 0.378 e. The molecular weight excluding hydrogens is 368 g/mol. The van der Waals surface area contributed by atoms with Crippen LogP contribution in [0.1, 0.15) is 35.4 Å². The number of nitrogens with zero attached hydrogens (tertiary/aromatic N) is 5. The van der Waals surface area contributed by atoms with Crippen molar-refractivity contribution in [1.29, 1.82) is 0 Å². The van der Waals surface area contributed by atoms with Crippen LogP contribution in [0.4, 0.5) is 0 Å². The van der Waals surface area contributed by atoms with E-state index in [9.17, 15) is 4.79 Å². The van der Waals surface area contributed by atoms with Gasteiger partial charge in [-0.1, -0.05) is 23.4 Å². The van der Waals surface area contributed by atoms with Crippen LogP contribution in [0.15, 0.2) is 36.5 Å². The molecule has 0 aliphatic carbocycles. The summed E-state index contributed by atoms with van der Waals surface area (Å²) in [5.74, 6) is -0.0812. The van der Waals surface area contributed by atoms with E-state index in [0.29, 0.717) is 31.9 Å². The molecule has 0 spiro atoms. The van der Waals surface area contributed by atoms with Crippen LogP contribution < -0.4 is 5.73 Å². The van der Waals surface area contributed by atoms with E-state index in [1.165, 1.54) is 0 Å². The van der Waals surface area contributed by atoms with E-state index in [4.69, 9.17) is 10.5 Å². The van der Waals surface area contributed by atoms with Gasteiger partial charge < -0.3 is 15.4 Å². The van der Waals surface area contributed by atoms with Gasteiger partial charge in [0.05, 0.1) is 23.0 Å². The second-order valence-corrected chi connectivity index (χ2v) is 7.29. The van der Waals surface area contributed by atoms with Crippen molar-refractivity contribution in [2.24, 2.45) is 5.73 Å². The lowest BCUT2D eigenvalue weighted by atomic mass is 10.1. The van der Waals surface area contributed by atoms with Crippen molar-refractivity contribution in [1.82, 2.24) is 24.9 Å². The van der Waals surface area contributed by atoms with E-state index in [1.807, 2.05) is 42.2 Å². The molecule has 0 saturated carbocycles. The van der Waals surface area contributed by atoms with Crippen molar-refractivity contribution in [3.8, 4) is 5.69 Å². The zero-order chi connectivity index (χ0) is 20.2. The first kappa shape index (κ1) is 19.5. The minimum Gasteiger partial charge on any atom is -0.378 e. The fourth-order valence-corrected chi connectivity index (χ4v) is 3.72. The molecule has 2 aromatic heterocycles. The van der Waals surface area contributed by atoms with Crippen LogP contribution in [0, 0.1) is 6.92 Å². The van der Waals surface area contributed by atoms with Gasteiger partial charge in [-0.25, -0.2) is 4.68 Å². The summed E-state index contributed by atoms with van der Waals surface area (Å²) in [4.78, 5) is 19.3. The third-order valence-corrected chi connectivity index (χ3v) is 5.37. The van der Waals surface area contributed by atoms with E-state index < -0.39 is 0 Å². The number of para-hydroxylation sites is 1. The standard InChI is InChI=1S/C21H26N6O2/c1-15-19(21(28)26-12-8-17(9-13-26)29-14-4-10-22)24-25-27(15)18-7-2-5-16-6-3-11-23-20(16)18/h2-3,5-7,11,17H,4,8-10,12-14,22H2,1H3. The first-order valence-electron chi connectivity index (χ1n) is 10.1. The monoisotopic (exact) mass is 394 g/mol. The lowest BCUT2D eigenvalue weighted by Gasteiger charge is -2.31. The molecule has 152 valence electrons. The summed E-state index contributed by atoms with van der Waals surface area (Å²) in [6, 6.07) is 9.80. The molecule has 1 fully saturated rings. The second-order valence-electron chi connectivity index (χ2n) is 7.29. The Kier molecular flexibility index (Phi) is 5.82. The average Bonchev–Trinajstić information content (AvgIpc) is 3.14. The number of pyridine rings is 1. The Morgan fingerprint density at radius 3 is 2.83 bits per heavy atom. The molecule has 1 saturated heterocycles. The molecule has 29 heavy (non-hydrogen) atoms. The highest BCUT2D eigenvalue weighted by Gasteiger charge is 2.28. The lowest BCUT2D eigenvalue weighted by molar-refractivity contribution is 0.00827.